The second kappa shape index (κ2) is 11.5. The Hall–Kier alpha value is -2.22. The van der Waals surface area contributed by atoms with Crippen LogP contribution in [0.3, 0.4) is 0 Å². The van der Waals surface area contributed by atoms with Gasteiger partial charge in [0.05, 0.1) is 21.3 Å². The van der Waals surface area contributed by atoms with Gasteiger partial charge in [-0.1, -0.05) is 44.5 Å². The zero-order valence-electron chi connectivity index (χ0n) is 21.6. The molecule has 1 unspecified atom stereocenters. The van der Waals surface area contributed by atoms with Crippen molar-refractivity contribution in [2.75, 3.05) is 27.9 Å². The average Bonchev–Trinajstić information content (AvgIpc) is 2.77. The van der Waals surface area contributed by atoms with E-state index in [0.29, 0.717) is 46.4 Å². The molecule has 188 valence electrons. The van der Waals surface area contributed by atoms with Crippen molar-refractivity contribution in [3.8, 4) is 17.2 Å². The molecule has 1 amide bonds. The SMILES string of the molecule is COc1cc(C(N)=O)c(CC(CCO[Si](C)(C)C(C)(C)C)c2ccc(Cl)cc2)c(OC)c1OC. The molecule has 0 saturated carbocycles. The standard InChI is InChI=1S/C26H38ClNO5Si/c1-26(2,3)34(7,8)33-14-13-18(17-9-11-19(27)12-10-17)15-20-21(25(28)29)16-22(30-4)24(32-6)23(20)31-5/h9-12,16,18H,13-15H2,1-8H3,(H2,28,29). The van der Waals surface area contributed by atoms with Crippen molar-refractivity contribution >= 4 is 25.8 Å². The van der Waals surface area contributed by atoms with Gasteiger partial charge in [-0.05, 0) is 60.7 Å². The van der Waals surface area contributed by atoms with Crippen LogP contribution in [-0.2, 0) is 10.8 Å². The third-order valence-electron chi connectivity index (χ3n) is 6.73. The topological polar surface area (TPSA) is 80.0 Å². The summed E-state index contributed by atoms with van der Waals surface area (Å²) in [5.74, 6) is 0.743. The Balaban J connectivity index is 2.50. The van der Waals surface area contributed by atoms with Gasteiger partial charge in [-0.2, -0.15) is 0 Å². The van der Waals surface area contributed by atoms with E-state index in [1.54, 1.807) is 13.2 Å². The largest absolute Gasteiger partial charge is 0.493 e. The van der Waals surface area contributed by atoms with E-state index in [1.165, 1.54) is 14.2 Å². The van der Waals surface area contributed by atoms with Crippen LogP contribution in [0.25, 0.3) is 0 Å². The van der Waals surface area contributed by atoms with E-state index in [2.05, 4.69) is 33.9 Å². The molecule has 6 nitrogen and oxygen atoms in total. The van der Waals surface area contributed by atoms with Gasteiger partial charge in [0.1, 0.15) is 0 Å². The number of amides is 1. The number of hydrogen-bond donors (Lipinski definition) is 1. The van der Waals surface area contributed by atoms with Crippen LogP contribution in [0.1, 0.15) is 54.6 Å². The van der Waals surface area contributed by atoms with Crippen molar-refractivity contribution in [2.45, 2.75) is 57.7 Å². The van der Waals surface area contributed by atoms with E-state index in [4.69, 9.17) is 36.0 Å². The maximum Gasteiger partial charge on any atom is 0.249 e. The summed E-state index contributed by atoms with van der Waals surface area (Å²) in [6.07, 6.45) is 1.26. The number of carbonyl (C=O) groups excluding carboxylic acids is 1. The first-order valence-electron chi connectivity index (χ1n) is 11.4. The average molecular weight is 508 g/mol. The van der Waals surface area contributed by atoms with Crippen LogP contribution in [-0.4, -0.2) is 42.2 Å². The van der Waals surface area contributed by atoms with E-state index >= 15 is 0 Å². The summed E-state index contributed by atoms with van der Waals surface area (Å²) in [5, 5.41) is 0.788. The first-order chi connectivity index (χ1) is 15.9. The maximum absolute atomic E-state index is 12.4. The third-order valence-corrected chi connectivity index (χ3v) is 11.5. The molecule has 0 bridgehead atoms. The number of nitrogens with two attached hydrogens (primary N) is 1. The molecule has 2 aromatic carbocycles. The number of methoxy groups -OCH3 is 3. The Bertz CT molecular complexity index is 986. The van der Waals surface area contributed by atoms with Crippen molar-refractivity contribution < 1.29 is 23.4 Å². The fourth-order valence-electron chi connectivity index (χ4n) is 3.68. The molecule has 0 aromatic heterocycles. The molecule has 0 heterocycles. The lowest BCUT2D eigenvalue weighted by atomic mass is 9.87. The van der Waals surface area contributed by atoms with E-state index in [1.807, 2.05) is 24.3 Å². The number of rotatable bonds is 11. The van der Waals surface area contributed by atoms with Crippen molar-refractivity contribution in [2.24, 2.45) is 5.73 Å². The zero-order valence-corrected chi connectivity index (χ0v) is 23.3. The minimum atomic E-state index is -1.90. The highest BCUT2D eigenvalue weighted by molar-refractivity contribution is 6.74. The molecule has 2 rings (SSSR count). The molecular weight excluding hydrogens is 470 g/mol. The zero-order chi connectivity index (χ0) is 25.7. The first kappa shape index (κ1) is 28.0. The number of ether oxygens (including phenoxy) is 3. The Kier molecular flexibility index (Phi) is 9.45. The monoisotopic (exact) mass is 507 g/mol. The van der Waals surface area contributed by atoms with Gasteiger partial charge in [-0.25, -0.2) is 0 Å². The molecule has 0 fully saturated rings. The molecule has 0 saturated heterocycles. The van der Waals surface area contributed by atoms with Crippen LogP contribution in [0.15, 0.2) is 30.3 Å². The lowest BCUT2D eigenvalue weighted by Gasteiger charge is -2.36. The smallest absolute Gasteiger partial charge is 0.249 e. The number of halogens is 1. The lowest BCUT2D eigenvalue weighted by Crippen LogP contribution is -2.41. The Morgan fingerprint density at radius 1 is 1.03 bits per heavy atom. The highest BCUT2D eigenvalue weighted by Crippen LogP contribution is 2.44. The second-order valence-electron chi connectivity index (χ2n) is 9.89. The molecule has 34 heavy (non-hydrogen) atoms. The molecule has 0 aliphatic rings. The molecule has 0 spiro atoms. The van der Waals surface area contributed by atoms with E-state index < -0.39 is 14.2 Å². The Labute approximate surface area is 209 Å². The van der Waals surface area contributed by atoms with Gasteiger partial charge in [0.2, 0.25) is 11.7 Å². The normalized spacial score (nSPS) is 12.9. The summed E-state index contributed by atoms with van der Waals surface area (Å²) in [7, 11) is 2.69. The number of carbonyl (C=O) groups is 1. The van der Waals surface area contributed by atoms with Crippen molar-refractivity contribution in [3.05, 3.63) is 52.0 Å². The summed E-state index contributed by atoms with van der Waals surface area (Å²) < 4.78 is 23.1. The Morgan fingerprint density at radius 3 is 2.09 bits per heavy atom. The van der Waals surface area contributed by atoms with E-state index in [9.17, 15) is 4.79 Å². The van der Waals surface area contributed by atoms with E-state index in [0.717, 1.165) is 12.0 Å². The molecule has 1 atom stereocenters. The molecule has 2 N–H and O–H groups in total. The van der Waals surface area contributed by atoms with Crippen LogP contribution in [0.4, 0.5) is 0 Å². The summed E-state index contributed by atoms with van der Waals surface area (Å²) in [4.78, 5) is 12.4. The van der Waals surface area contributed by atoms with Crippen LogP contribution < -0.4 is 19.9 Å². The fourth-order valence-corrected chi connectivity index (χ4v) is 4.87. The first-order valence-corrected chi connectivity index (χ1v) is 14.7. The second-order valence-corrected chi connectivity index (χ2v) is 15.1. The third kappa shape index (κ3) is 6.46. The number of hydrogen-bond acceptors (Lipinski definition) is 5. The van der Waals surface area contributed by atoms with Crippen LogP contribution in [0.5, 0.6) is 17.2 Å². The van der Waals surface area contributed by atoms with Gasteiger partial charge in [0, 0.05) is 22.8 Å². The molecule has 8 heteroatoms. The summed E-state index contributed by atoms with van der Waals surface area (Å²) in [6, 6.07) is 9.38. The van der Waals surface area contributed by atoms with Gasteiger partial charge in [0.15, 0.2) is 19.8 Å². The molecule has 0 aliphatic carbocycles. The molecular formula is C26H38ClNO5Si. The van der Waals surface area contributed by atoms with Gasteiger partial charge in [0.25, 0.3) is 0 Å². The van der Waals surface area contributed by atoms with Gasteiger partial charge in [-0.3, -0.25) is 4.79 Å². The van der Waals surface area contributed by atoms with Gasteiger partial charge < -0.3 is 24.4 Å². The van der Waals surface area contributed by atoms with Crippen molar-refractivity contribution in [1.82, 2.24) is 0 Å². The minimum Gasteiger partial charge on any atom is -0.493 e. The highest BCUT2D eigenvalue weighted by atomic mass is 35.5. The van der Waals surface area contributed by atoms with Crippen molar-refractivity contribution in [3.63, 3.8) is 0 Å². The molecule has 2 aromatic rings. The highest BCUT2D eigenvalue weighted by Gasteiger charge is 2.37. The predicted molar refractivity (Wildman–Crippen MR) is 140 cm³/mol. The summed E-state index contributed by atoms with van der Waals surface area (Å²) >= 11 is 6.15. The van der Waals surface area contributed by atoms with Gasteiger partial charge >= 0.3 is 0 Å². The Morgan fingerprint density at radius 2 is 1.62 bits per heavy atom. The maximum atomic E-state index is 12.4. The molecule has 0 aliphatic heterocycles. The summed E-state index contributed by atoms with van der Waals surface area (Å²) in [5.41, 5.74) is 7.88. The van der Waals surface area contributed by atoms with Crippen LogP contribution in [0, 0.1) is 0 Å². The quantitative estimate of drug-likeness (QED) is 0.366. The van der Waals surface area contributed by atoms with Crippen molar-refractivity contribution in [1.29, 1.82) is 0 Å². The number of benzene rings is 2. The van der Waals surface area contributed by atoms with E-state index in [-0.39, 0.29) is 11.0 Å². The lowest BCUT2D eigenvalue weighted by molar-refractivity contribution is 0.0998. The predicted octanol–water partition coefficient (Wildman–Crippen LogP) is 6.20. The number of primary amides is 1. The summed E-state index contributed by atoms with van der Waals surface area (Å²) in [6.45, 7) is 11.8. The van der Waals surface area contributed by atoms with Gasteiger partial charge in [-0.15, -0.1) is 0 Å². The van der Waals surface area contributed by atoms with Crippen LogP contribution >= 0.6 is 11.6 Å². The van der Waals surface area contributed by atoms with Crippen LogP contribution in [0.2, 0.25) is 23.2 Å². The minimum absolute atomic E-state index is 0.0344. The fraction of sp³-hybridized carbons (Fsp3) is 0.500. The molecule has 0 radical (unpaired) electrons.